The van der Waals surface area contributed by atoms with E-state index in [2.05, 4.69) is 5.32 Å². The Labute approximate surface area is 86.0 Å². The first-order valence-corrected chi connectivity index (χ1v) is 5.25. The van der Waals surface area contributed by atoms with E-state index in [9.17, 15) is 4.79 Å². The summed E-state index contributed by atoms with van der Waals surface area (Å²) in [5, 5.41) is 2.69. The standard InChI is InChI=1S/C9H9NOS2/c1-4-5(2)13-6-3-7(12)10-9(11)8(4)6/h3H2,1-2H3,(H,10,11,12). The summed E-state index contributed by atoms with van der Waals surface area (Å²) in [5.41, 5.74) is 1.94. The first-order chi connectivity index (χ1) is 6.09. The van der Waals surface area contributed by atoms with Crippen LogP contribution in [0.15, 0.2) is 0 Å². The van der Waals surface area contributed by atoms with Crippen LogP contribution in [-0.4, -0.2) is 10.9 Å². The van der Waals surface area contributed by atoms with Gasteiger partial charge in [-0.15, -0.1) is 11.3 Å². The van der Waals surface area contributed by atoms with Crippen LogP contribution in [0.1, 0.15) is 25.7 Å². The third-order valence-electron chi connectivity index (χ3n) is 2.26. The number of fused-ring (bicyclic) bond motifs is 1. The van der Waals surface area contributed by atoms with Crippen molar-refractivity contribution in [1.29, 1.82) is 0 Å². The Balaban J connectivity index is 2.62. The lowest BCUT2D eigenvalue weighted by molar-refractivity contribution is 0.0973. The number of thiocarbonyl (C=S) groups is 1. The minimum atomic E-state index is -0.0342. The molecule has 2 heterocycles. The number of amides is 1. The molecule has 0 fully saturated rings. The van der Waals surface area contributed by atoms with Gasteiger partial charge in [-0.25, -0.2) is 0 Å². The lowest BCUT2D eigenvalue weighted by Gasteiger charge is -2.13. The number of aryl methyl sites for hydroxylation is 1. The second-order valence-corrected chi connectivity index (χ2v) is 4.94. The molecule has 2 rings (SSSR count). The lowest BCUT2D eigenvalue weighted by atomic mass is 10.1. The van der Waals surface area contributed by atoms with Gasteiger partial charge in [-0.2, -0.15) is 0 Å². The maximum absolute atomic E-state index is 11.5. The molecular formula is C9H9NOS2. The quantitative estimate of drug-likeness (QED) is 0.665. The number of nitrogens with one attached hydrogen (secondary N) is 1. The molecule has 1 amide bonds. The van der Waals surface area contributed by atoms with E-state index >= 15 is 0 Å². The van der Waals surface area contributed by atoms with E-state index in [-0.39, 0.29) is 5.91 Å². The van der Waals surface area contributed by atoms with Crippen molar-refractivity contribution < 1.29 is 4.79 Å². The Morgan fingerprint density at radius 1 is 1.46 bits per heavy atom. The van der Waals surface area contributed by atoms with Crippen LogP contribution in [0.5, 0.6) is 0 Å². The zero-order chi connectivity index (χ0) is 9.59. The van der Waals surface area contributed by atoms with E-state index in [0.29, 0.717) is 4.99 Å². The molecule has 1 N–H and O–H groups in total. The van der Waals surface area contributed by atoms with Gasteiger partial charge in [-0.3, -0.25) is 4.79 Å². The molecular weight excluding hydrogens is 202 g/mol. The van der Waals surface area contributed by atoms with E-state index in [1.54, 1.807) is 11.3 Å². The summed E-state index contributed by atoms with van der Waals surface area (Å²) < 4.78 is 0. The molecule has 1 aromatic rings. The highest BCUT2D eigenvalue weighted by Crippen LogP contribution is 2.29. The normalized spacial score (nSPS) is 15.5. The van der Waals surface area contributed by atoms with E-state index in [4.69, 9.17) is 12.2 Å². The van der Waals surface area contributed by atoms with Gasteiger partial charge in [-0.1, -0.05) is 12.2 Å². The maximum Gasteiger partial charge on any atom is 0.257 e. The predicted molar refractivity (Wildman–Crippen MR) is 57.6 cm³/mol. The molecule has 2 nitrogen and oxygen atoms in total. The zero-order valence-corrected chi connectivity index (χ0v) is 9.06. The lowest BCUT2D eigenvalue weighted by Crippen LogP contribution is -2.35. The van der Waals surface area contributed by atoms with E-state index < -0.39 is 0 Å². The Morgan fingerprint density at radius 3 is 2.85 bits per heavy atom. The molecule has 1 aliphatic heterocycles. The van der Waals surface area contributed by atoms with Gasteiger partial charge in [0.2, 0.25) is 0 Å². The van der Waals surface area contributed by atoms with E-state index in [1.807, 2.05) is 13.8 Å². The van der Waals surface area contributed by atoms with Crippen molar-refractivity contribution in [3.05, 3.63) is 20.9 Å². The third kappa shape index (κ3) is 1.30. The summed E-state index contributed by atoms with van der Waals surface area (Å²) in [6.45, 7) is 4.02. The molecule has 0 saturated carbocycles. The molecule has 0 radical (unpaired) electrons. The summed E-state index contributed by atoms with van der Waals surface area (Å²) in [6, 6.07) is 0. The molecule has 68 valence electrons. The molecule has 0 unspecified atom stereocenters. The van der Waals surface area contributed by atoms with Crippen molar-refractivity contribution in [2.24, 2.45) is 0 Å². The highest BCUT2D eigenvalue weighted by Gasteiger charge is 2.24. The minimum absolute atomic E-state index is 0.0342. The van der Waals surface area contributed by atoms with Crippen LogP contribution in [0.25, 0.3) is 0 Å². The Morgan fingerprint density at radius 2 is 2.15 bits per heavy atom. The Hall–Kier alpha value is -0.740. The van der Waals surface area contributed by atoms with Crippen molar-refractivity contribution in [1.82, 2.24) is 5.32 Å². The number of hydrogen-bond acceptors (Lipinski definition) is 3. The van der Waals surface area contributed by atoms with Gasteiger partial charge in [0, 0.05) is 16.2 Å². The summed E-state index contributed by atoms with van der Waals surface area (Å²) in [7, 11) is 0. The van der Waals surface area contributed by atoms with Gasteiger partial charge in [0.1, 0.15) is 0 Å². The van der Waals surface area contributed by atoms with Gasteiger partial charge >= 0.3 is 0 Å². The summed E-state index contributed by atoms with van der Waals surface area (Å²) in [4.78, 5) is 14.5. The maximum atomic E-state index is 11.5. The summed E-state index contributed by atoms with van der Waals surface area (Å²) in [6.07, 6.45) is 0.718. The van der Waals surface area contributed by atoms with Gasteiger partial charge in [-0.05, 0) is 19.4 Å². The average Bonchev–Trinajstić information content (AvgIpc) is 2.27. The zero-order valence-electron chi connectivity index (χ0n) is 7.43. The Kier molecular flexibility index (Phi) is 1.96. The largest absolute Gasteiger partial charge is 0.316 e. The molecule has 0 saturated heterocycles. The number of hydrogen-bond donors (Lipinski definition) is 1. The number of rotatable bonds is 0. The van der Waals surface area contributed by atoms with Crippen molar-refractivity contribution >= 4 is 34.5 Å². The van der Waals surface area contributed by atoms with Gasteiger partial charge in [0.15, 0.2) is 0 Å². The second kappa shape index (κ2) is 2.89. The number of thiophene rings is 1. The SMILES string of the molecule is Cc1sc2c(c1C)C(=O)NC(=S)C2. The smallest absolute Gasteiger partial charge is 0.257 e. The van der Waals surface area contributed by atoms with Crippen LogP contribution in [0.3, 0.4) is 0 Å². The van der Waals surface area contributed by atoms with Gasteiger partial charge in [0.05, 0.1) is 10.6 Å². The van der Waals surface area contributed by atoms with E-state index in [0.717, 1.165) is 22.4 Å². The first kappa shape index (κ1) is 8.84. The Bertz CT molecular complexity index is 406. The van der Waals surface area contributed by atoms with Crippen LogP contribution in [0, 0.1) is 13.8 Å². The predicted octanol–water partition coefficient (Wildman–Crippen LogP) is 1.98. The number of carbonyl (C=O) groups excluding carboxylic acids is 1. The summed E-state index contributed by atoms with van der Waals surface area (Å²) >= 11 is 6.66. The van der Waals surface area contributed by atoms with Crippen LogP contribution >= 0.6 is 23.6 Å². The molecule has 1 aliphatic rings. The minimum Gasteiger partial charge on any atom is -0.316 e. The first-order valence-electron chi connectivity index (χ1n) is 4.02. The fourth-order valence-electron chi connectivity index (χ4n) is 1.50. The molecule has 1 aromatic heterocycles. The topological polar surface area (TPSA) is 29.1 Å². The molecule has 0 aromatic carbocycles. The molecule has 0 atom stereocenters. The summed E-state index contributed by atoms with van der Waals surface area (Å²) in [5.74, 6) is -0.0342. The van der Waals surface area contributed by atoms with Crippen molar-refractivity contribution in [2.75, 3.05) is 0 Å². The fourth-order valence-corrected chi connectivity index (χ4v) is 3.02. The van der Waals surface area contributed by atoms with Crippen molar-refractivity contribution in [3.63, 3.8) is 0 Å². The molecule has 0 bridgehead atoms. The second-order valence-electron chi connectivity index (χ2n) is 3.14. The highest BCUT2D eigenvalue weighted by atomic mass is 32.1. The monoisotopic (exact) mass is 211 g/mol. The van der Waals surface area contributed by atoms with E-state index in [1.165, 1.54) is 4.88 Å². The molecule has 4 heteroatoms. The van der Waals surface area contributed by atoms with Crippen LogP contribution in [0.2, 0.25) is 0 Å². The third-order valence-corrected chi connectivity index (χ3v) is 3.71. The average molecular weight is 211 g/mol. The van der Waals surface area contributed by atoms with Gasteiger partial charge < -0.3 is 5.32 Å². The fraction of sp³-hybridized carbons (Fsp3) is 0.333. The molecule has 13 heavy (non-hydrogen) atoms. The highest BCUT2D eigenvalue weighted by molar-refractivity contribution is 7.80. The van der Waals surface area contributed by atoms with Crippen molar-refractivity contribution in [3.8, 4) is 0 Å². The number of carbonyl (C=O) groups is 1. The molecule has 0 aliphatic carbocycles. The molecule has 0 spiro atoms. The van der Waals surface area contributed by atoms with Crippen LogP contribution in [0.4, 0.5) is 0 Å². The van der Waals surface area contributed by atoms with Gasteiger partial charge in [0.25, 0.3) is 5.91 Å². The van der Waals surface area contributed by atoms with Crippen LogP contribution < -0.4 is 5.32 Å². The van der Waals surface area contributed by atoms with Crippen molar-refractivity contribution in [2.45, 2.75) is 20.3 Å². The van der Waals surface area contributed by atoms with Crippen LogP contribution in [-0.2, 0) is 6.42 Å².